The van der Waals surface area contributed by atoms with Crippen molar-refractivity contribution in [3.05, 3.63) is 457 Å². The fourth-order valence-corrected chi connectivity index (χ4v) is 15.0. The third-order valence-corrected chi connectivity index (χ3v) is 20.2. The third kappa shape index (κ3) is 13.9. The van der Waals surface area contributed by atoms with E-state index in [1.54, 1.807) is 0 Å². The molecular formula is C101H80N4. The zero-order valence-electron chi connectivity index (χ0n) is 59.5. The van der Waals surface area contributed by atoms with E-state index in [1.165, 1.54) is 22.3 Å². The van der Waals surface area contributed by atoms with E-state index in [2.05, 4.69) is 460 Å². The monoisotopic (exact) mass is 1350 g/mol. The average molecular weight is 1350 g/mol. The summed E-state index contributed by atoms with van der Waals surface area (Å²) < 4.78 is 0. The Morgan fingerprint density at radius 2 is 0.295 bits per heavy atom. The van der Waals surface area contributed by atoms with Crippen molar-refractivity contribution in [2.24, 2.45) is 0 Å². The smallest absolute Gasteiger partial charge is 0.0701 e. The molecule has 4 heteroatoms. The van der Waals surface area contributed by atoms with Crippen LogP contribution in [0.4, 0.5) is 68.2 Å². The molecule has 0 N–H and O–H groups in total. The molecule has 0 amide bonds. The Balaban J connectivity index is 0.817. The SMILES string of the molecule is Cc1cccc(N(c2ccccc2)c2ccc(-c3ccc(C(c4ccc(-c5ccc(N(c6ccccc6)c6cccc(C)c6)cc5)cc4)(c4ccc(-c5ccc(N(c6ccccc6)c6cccc(C)c6)cc5)cc4)c4ccc(-c5ccc(N(c6ccccc6)c6cccc(C)c6)cc5)cc4)cc3)cc2)c1. The van der Waals surface area contributed by atoms with Gasteiger partial charge in [0.2, 0.25) is 0 Å². The number of hydrogen-bond acceptors (Lipinski definition) is 4. The molecule has 105 heavy (non-hydrogen) atoms. The Hall–Kier alpha value is -13.3. The lowest BCUT2D eigenvalue weighted by Gasteiger charge is -2.37. The minimum atomic E-state index is -0.808. The number of rotatable bonds is 20. The summed E-state index contributed by atoms with van der Waals surface area (Å²) in [5.41, 5.74) is 31.0. The predicted octanol–water partition coefficient (Wildman–Crippen LogP) is 27.9. The molecule has 0 bridgehead atoms. The molecule has 0 fully saturated rings. The second kappa shape index (κ2) is 29.7. The van der Waals surface area contributed by atoms with Gasteiger partial charge in [-0.1, -0.05) is 267 Å². The van der Waals surface area contributed by atoms with Crippen molar-refractivity contribution in [1.82, 2.24) is 0 Å². The average Bonchev–Trinajstić information content (AvgIpc) is 0.727. The van der Waals surface area contributed by atoms with Crippen LogP contribution in [0.25, 0.3) is 44.5 Å². The topological polar surface area (TPSA) is 13.0 Å². The lowest BCUT2D eigenvalue weighted by molar-refractivity contribution is 0.745. The third-order valence-electron chi connectivity index (χ3n) is 20.2. The van der Waals surface area contributed by atoms with Crippen molar-refractivity contribution in [1.29, 1.82) is 0 Å². The van der Waals surface area contributed by atoms with Crippen LogP contribution in [-0.4, -0.2) is 0 Å². The second-order valence-corrected chi connectivity index (χ2v) is 27.3. The van der Waals surface area contributed by atoms with Gasteiger partial charge in [-0.3, -0.25) is 0 Å². The van der Waals surface area contributed by atoms with Gasteiger partial charge in [0.15, 0.2) is 0 Å². The van der Waals surface area contributed by atoms with Crippen molar-refractivity contribution in [2.75, 3.05) is 19.6 Å². The zero-order chi connectivity index (χ0) is 71.1. The fourth-order valence-electron chi connectivity index (χ4n) is 15.0. The van der Waals surface area contributed by atoms with E-state index < -0.39 is 5.41 Å². The molecule has 504 valence electrons. The van der Waals surface area contributed by atoms with Crippen LogP contribution in [-0.2, 0) is 5.41 Å². The molecule has 0 spiro atoms. The van der Waals surface area contributed by atoms with E-state index >= 15 is 0 Å². The molecule has 0 heterocycles. The fraction of sp³-hybridized carbons (Fsp3) is 0.0495. The molecule has 0 radical (unpaired) electrons. The van der Waals surface area contributed by atoms with Crippen LogP contribution >= 0.6 is 0 Å². The lowest BCUT2D eigenvalue weighted by Crippen LogP contribution is -2.31. The first-order valence-electron chi connectivity index (χ1n) is 36.2. The van der Waals surface area contributed by atoms with Crippen LogP contribution in [0, 0.1) is 27.7 Å². The van der Waals surface area contributed by atoms with Gasteiger partial charge in [-0.2, -0.15) is 0 Å². The van der Waals surface area contributed by atoms with E-state index in [4.69, 9.17) is 0 Å². The number of para-hydroxylation sites is 4. The Bertz CT molecular complexity index is 4860. The summed E-state index contributed by atoms with van der Waals surface area (Å²) in [5, 5.41) is 0. The molecule has 0 aliphatic heterocycles. The van der Waals surface area contributed by atoms with Gasteiger partial charge in [-0.15, -0.1) is 0 Å². The summed E-state index contributed by atoms with van der Waals surface area (Å²) in [7, 11) is 0. The molecule has 0 saturated heterocycles. The lowest BCUT2D eigenvalue weighted by atomic mass is 9.64. The molecule has 16 aromatic carbocycles. The number of nitrogens with zero attached hydrogens (tertiary/aromatic N) is 4. The highest BCUT2D eigenvalue weighted by Crippen LogP contribution is 2.49. The maximum absolute atomic E-state index is 2.37. The molecule has 0 aromatic heterocycles. The normalized spacial score (nSPS) is 11.2. The summed E-state index contributed by atoms with van der Waals surface area (Å²) in [6.45, 7) is 8.61. The van der Waals surface area contributed by atoms with Crippen molar-refractivity contribution >= 4 is 68.2 Å². The van der Waals surface area contributed by atoms with Gasteiger partial charge < -0.3 is 19.6 Å². The van der Waals surface area contributed by atoms with Gasteiger partial charge in [0.1, 0.15) is 0 Å². The molecule has 16 aromatic rings. The van der Waals surface area contributed by atoms with Crippen LogP contribution in [0.2, 0.25) is 0 Å². The highest BCUT2D eigenvalue weighted by atomic mass is 15.2. The quantitative estimate of drug-likeness (QED) is 0.0705. The Morgan fingerprint density at radius 1 is 0.143 bits per heavy atom. The Kier molecular flexibility index (Phi) is 18.8. The summed E-state index contributed by atoms with van der Waals surface area (Å²) in [5.74, 6) is 0. The Morgan fingerprint density at radius 3 is 0.467 bits per heavy atom. The van der Waals surface area contributed by atoms with E-state index in [1.807, 2.05) is 0 Å². The van der Waals surface area contributed by atoms with E-state index in [0.717, 1.165) is 135 Å². The van der Waals surface area contributed by atoms with E-state index in [0.29, 0.717) is 0 Å². The van der Waals surface area contributed by atoms with E-state index in [9.17, 15) is 0 Å². The van der Waals surface area contributed by atoms with Crippen LogP contribution in [0.3, 0.4) is 0 Å². The first-order valence-corrected chi connectivity index (χ1v) is 36.2. The summed E-state index contributed by atoms with van der Waals surface area (Å²) in [6.07, 6.45) is 0. The largest absolute Gasteiger partial charge is 0.310 e. The van der Waals surface area contributed by atoms with Crippen LogP contribution in [0.5, 0.6) is 0 Å². The second-order valence-electron chi connectivity index (χ2n) is 27.3. The molecule has 4 nitrogen and oxygen atoms in total. The maximum atomic E-state index is 2.37. The Labute approximate surface area is 618 Å². The molecule has 0 aliphatic rings. The maximum Gasteiger partial charge on any atom is 0.0701 e. The van der Waals surface area contributed by atoms with Crippen LogP contribution in [0.15, 0.2) is 413 Å². The van der Waals surface area contributed by atoms with Crippen molar-refractivity contribution < 1.29 is 0 Å². The summed E-state index contributed by atoms with van der Waals surface area (Å²) in [6, 6.07) is 151. The van der Waals surface area contributed by atoms with Crippen LogP contribution < -0.4 is 19.6 Å². The van der Waals surface area contributed by atoms with Gasteiger partial charge in [0.05, 0.1) is 5.41 Å². The zero-order valence-corrected chi connectivity index (χ0v) is 59.5. The van der Waals surface area contributed by atoms with Gasteiger partial charge >= 0.3 is 0 Å². The molecule has 16 rings (SSSR count). The number of anilines is 12. The number of aryl methyl sites for hydroxylation is 4. The molecule has 0 aliphatic carbocycles. The molecule has 0 atom stereocenters. The molecule has 0 unspecified atom stereocenters. The first kappa shape index (κ1) is 66.3. The highest BCUT2D eigenvalue weighted by Gasteiger charge is 2.39. The predicted molar refractivity (Wildman–Crippen MR) is 444 cm³/mol. The summed E-state index contributed by atoms with van der Waals surface area (Å²) >= 11 is 0. The standard InChI is InChI=1S/C101H80N4/c1-73-21-17-33-97(69-73)102(89-25-9-5-10-26-89)93-61-45-81(46-62-93)77-37-53-85(54-38-77)101(86-55-39-78(40-56-86)82-47-63-94(64-48-82)103(90-27-11-6-12-28-90)98-34-18-22-74(2)70-98,87-57-41-79(42-58-87)83-49-65-95(66-50-83)104(91-29-13-7-14-30-91)99-35-19-23-75(3)71-99)88-59-43-80(44-60-88)84-51-67-96(68-52-84)105(92-31-15-8-16-32-92)100-36-20-24-76(4)72-100/h5-72H,1-4H3. The highest BCUT2D eigenvalue weighted by molar-refractivity contribution is 5.84. The minimum Gasteiger partial charge on any atom is -0.310 e. The van der Waals surface area contributed by atoms with Gasteiger partial charge in [-0.25, -0.2) is 0 Å². The van der Waals surface area contributed by atoms with Crippen LogP contribution in [0.1, 0.15) is 44.5 Å². The number of benzene rings is 16. The van der Waals surface area contributed by atoms with Crippen molar-refractivity contribution in [2.45, 2.75) is 33.1 Å². The van der Waals surface area contributed by atoms with E-state index in [-0.39, 0.29) is 0 Å². The summed E-state index contributed by atoms with van der Waals surface area (Å²) in [4.78, 5) is 9.33. The molecular weight excluding hydrogens is 1270 g/mol. The van der Waals surface area contributed by atoms with Gasteiger partial charge in [0.25, 0.3) is 0 Å². The number of hydrogen-bond donors (Lipinski definition) is 0. The van der Waals surface area contributed by atoms with Gasteiger partial charge in [0, 0.05) is 68.2 Å². The first-order chi connectivity index (χ1) is 51.7. The minimum absolute atomic E-state index is 0.808. The van der Waals surface area contributed by atoms with Crippen molar-refractivity contribution in [3.8, 4) is 44.5 Å². The van der Waals surface area contributed by atoms with Gasteiger partial charge in [-0.05, 0) is 262 Å². The molecule has 0 saturated carbocycles. The van der Waals surface area contributed by atoms with Crippen molar-refractivity contribution in [3.63, 3.8) is 0 Å².